The summed E-state index contributed by atoms with van der Waals surface area (Å²) in [5.41, 5.74) is -0.454. The number of nitrogens with one attached hydrogen (secondary N) is 1. The van der Waals surface area contributed by atoms with E-state index in [0.717, 1.165) is 25.6 Å². The van der Waals surface area contributed by atoms with Gasteiger partial charge < -0.3 is 19.9 Å². The molecule has 1 fully saturated rings. The lowest BCUT2D eigenvalue weighted by molar-refractivity contribution is 0.0278. The minimum Gasteiger partial charge on any atom is -0.444 e. The van der Waals surface area contributed by atoms with Crippen LogP contribution in [-0.4, -0.2) is 67.7 Å². The van der Waals surface area contributed by atoms with Crippen molar-refractivity contribution in [1.29, 1.82) is 0 Å². The Labute approximate surface area is 158 Å². The SMILES string of the molecule is CN=C(NCC(C)CN(C)C(=O)OC(C)(C)C)N1CCCC1.I. The van der Waals surface area contributed by atoms with Crippen molar-refractivity contribution in [2.24, 2.45) is 10.9 Å². The number of carbonyl (C=O) groups excluding carboxylic acids is 1. The second-order valence-corrected chi connectivity index (χ2v) is 7.09. The molecule has 1 atom stereocenters. The fourth-order valence-electron chi connectivity index (χ4n) is 2.47. The molecule has 1 unspecified atom stereocenters. The third-order valence-corrected chi connectivity index (χ3v) is 3.52. The molecule has 0 bridgehead atoms. The number of hydrogen-bond donors (Lipinski definition) is 1. The van der Waals surface area contributed by atoms with Gasteiger partial charge in [-0.15, -0.1) is 24.0 Å². The molecule has 1 heterocycles. The van der Waals surface area contributed by atoms with Crippen LogP contribution in [0.15, 0.2) is 4.99 Å². The first-order valence-electron chi connectivity index (χ1n) is 8.12. The van der Waals surface area contributed by atoms with E-state index < -0.39 is 5.60 Å². The van der Waals surface area contributed by atoms with Crippen LogP contribution in [0.5, 0.6) is 0 Å². The number of amides is 1. The summed E-state index contributed by atoms with van der Waals surface area (Å²) in [6.45, 7) is 11.3. The lowest BCUT2D eigenvalue weighted by atomic mass is 10.1. The van der Waals surface area contributed by atoms with Crippen LogP contribution in [0, 0.1) is 5.92 Å². The lowest BCUT2D eigenvalue weighted by Gasteiger charge is -2.27. The summed E-state index contributed by atoms with van der Waals surface area (Å²) in [5, 5.41) is 3.40. The van der Waals surface area contributed by atoms with Gasteiger partial charge in [-0.1, -0.05) is 6.92 Å². The molecule has 1 amide bonds. The van der Waals surface area contributed by atoms with Crippen LogP contribution < -0.4 is 5.32 Å². The van der Waals surface area contributed by atoms with Crippen LogP contribution in [0.2, 0.25) is 0 Å². The van der Waals surface area contributed by atoms with Gasteiger partial charge in [0, 0.05) is 40.3 Å². The highest BCUT2D eigenvalue weighted by Gasteiger charge is 2.21. The Kier molecular flexibility index (Phi) is 9.88. The van der Waals surface area contributed by atoms with Crippen molar-refractivity contribution in [2.75, 3.05) is 40.3 Å². The van der Waals surface area contributed by atoms with Crippen LogP contribution in [0.25, 0.3) is 0 Å². The molecule has 0 aromatic heterocycles. The Morgan fingerprint density at radius 1 is 1.35 bits per heavy atom. The minimum absolute atomic E-state index is 0. The van der Waals surface area contributed by atoms with Gasteiger partial charge in [0.1, 0.15) is 5.60 Å². The van der Waals surface area contributed by atoms with E-state index in [2.05, 4.69) is 22.1 Å². The molecule has 0 saturated carbocycles. The zero-order chi connectivity index (χ0) is 16.8. The van der Waals surface area contributed by atoms with Gasteiger partial charge in [-0.25, -0.2) is 4.79 Å². The highest BCUT2D eigenvalue weighted by atomic mass is 127. The Balaban J connectivity index is 0.00000484. The van der Waals surface area contributed by atoms with Crippen LogP contribution >= 0.6 is 24.0 Å². The largest absolute Gasteiger partial charge is 0.444 e. The fourth-order valence-corrected chi connectivity index (χ4v) is 2.47. The number of rotatable bonds is 4. The smallest absolute Gasteiger partial charge is 0.410 e. The number of carbonyl (C=O) groups is 1. The van der Waals surface area contributed by atoms with Crippen LogP contribution in [-0.2, 0) is 4.74 Å². The zero-order valence-corrected chi connectivity index (χ0v) is 17.7. The van der Waals surface area contributed by atoms with Crippen molar-refractivity contribution in [2.45, 2.75) is 46.1 Å². The number of hydrogen-bond acceptors (Lipinski definition) is 3. The molecule has 0 aliphatic carbocycles. The zero-order valence-electron chi connectivity index (χ0n) is 15.4. The molecule has 7 heteroatoms. The predicted octanol–water partition coefficient (Wildman–Crippen LogP) is 2.78. The molecule has 136 valence electrons. The van der Waals surface area contributed by atoms with E-state index in [1.807, 2.05) is 27.8 Å². The number of ether oxygens (including phenoxy) is 1. The van der Waals surface area contributed by atoms with Gasteiger partial charge in [-0.05, 0) is 39.5 Å². The van der Waals surface area contributed by atoms with Crippen molar-refractivity contribution in [3.05, 3.63) is 0 Å². The maximum absolute atomic E-state index is 11.9. The summed E-state index contributed by atoms with van der Waals surface area (Å²) in [6, 6.07) is 0. The Morgan fingerprint density at radius 2 is 1.91 bits per heavy atom. The van der Waals surface area contributed by atoms with E-state index in [-0.39, 0.29) is 30.1 Å². The van der Waals surface area contributed by atoms with E-state index in [9.17, 15) is 4.79 Å². The van der Waals surface area contributed by atoms with E-state index in [1.54, 1.807) is 11.9 Å². The third-order valence-electron chi connectivity index (χ3n) is 3.52. The van der Waals surface area contributed by atoms with Gasteiger partial charge in [0.25, 0.3) is 0 Å². The molecule has 6 nitrogen and oxygen atoms in total. The normalized spacial score (nSPS) is 16.6. The topological polar surface area (TPSA) is 57.2 Å². The van der Waals surface area contributed by atoms with Crippen molar-refractivity contribution < 1.29 is 9.53 Å². The second kappa shape index (κ2) is 10.2. The maximum atomic E-state index is 11.9. The van der Waals surface area contributed by atoms with Gasteiger partial charge in [0.2, 0.25) is 0 Å². The summed E-state index contributed by atoms with van der Waals surface area (Å²) >= 11 is 0. The van der Waals surface area contributed by atoms with Gasteiger partial charge in [-0.3, -0.25) is 4.99 Å². The lowest BCUT2D eigenvalue weighted by Crippen LogP contribution is -2.43. The molecule has 1 saturated heterocycles. The second-order valence-electron chi connectivity index (χ2n) is 7.09. The molecule has 1 aliphatic heterocycles. The predicted molar refractivity (Wildman–Crippen MR) is 106 cm³/mol. The molecular formula is C16H33IN4O2. The Morgan fingerprint density at radius 3 is 2.39 bits per heavy atom. The summed E-state index contributed by atoms with van der Waals surface area (Å²) in [6.07, 6.45) is 2.19. The first-order chi connectivity index (χ1) is 10.2. The molecule has 0 aromatic rings. The number of guanidine groups is 1. The molecule has 0 spiro atoms. The average molecular weight is 440 g/mol. The van der Waals surface area contributed by atoms with Crippen LogP contribution in [0.3, 0.4) is 0 Å². The standard InChI is InChI=1S/C16H32N4O2.HI/c1-13(12-19(6)15(21)22-16(2,3)4)11-18-14(17-5)20-9-7-8-10-20;/h13H,7-12H2,1-6H3,(H,17,18);1H. The molecule has 0 radical (unpaired) electrons. The summed E-state index contributed by atoms with van der Waals surface area (Å²) in [7, 11) is 3.60. The van der Waals surface area contributed by atoms with E-state index in [1.165, 1.54) is 12.8 Å². The summed E-state index contributed by atoms with van der Waals surface area (Å²) in [5.74, 6) is 1.28. The van der Waals surface area contributed by atoms with Crippen LogP contribution in [0.1, 0.15) is 40.5 Å². The molecule has 1 rings (SSSR count). The van der Waals surface area contributed by atoms with E-state index >= 15 is 0 Å². The maximum Gasteiger partial charge on any atom is 0.410 e. The van der Waals surface area contributed by atoms with E-state index in [4.69, 9.17) is 4.74 Å². The molecule has 1 aliphatic rings. The van der Waals surface area contributed by atoms with Crippen molar-refractivity contribution >= 4 is 36.0 Å². The number of likely N-dealkylation sites (tertiary alicyclic amines) is 1. The van der Waals surface area contributed by atoms with Crippen molar-refractivity contribution in [3.8, 4) is 0 Å². The van der Waals surface area contributed by atoms with Gasteiger partial charge in [0.05, 0.1) is 0 Å². The Bertz CT molecular complexity index is 390. The minimum atomic E-state index is -0.454. The number of nitrogens with zero attached hydrogens (tertiary/aromatic N) is 3. The molecule has 1 N–H and O–H groups in total. The first-order valence-corrected chi connectivity index (χ1v) is 8.12. The molecule has 0 aromatic carbocycles. The molecular weight excluding hydrogens is 407 g/mol. The third kappa shape index (κ3) is 8.62. The number of halogens is 1. The van der Waals surface area contributed by atoms with Crippen molar-refractivity contribution in [3.63, 3.8) is 0 Å². The van der Waals surface area contributed by atoms with Gasteiger partial charge in [0.15, 0.2) is 5.96 Å². The molecule has 23 heavy (non-hydrogen) atoms. The Hall–Kier alpha value is -0.730. The van der Waals surface area contributed by atoms with Gasteiger partial charge >= 0.3 is 6.09 Å². The monoisotopic (exact) mass is 440 g/mol. The fraction of sp³-hybridized carbons (Fsp3) is 0.875. The first kappa shape index (κ1) is 22.3. The van der Waals surface area contributed by atoms with Gasteiger partial charge in [-0.2, -0.15) is 0 Å². The summed E-state index contributed by atoms with van der Waals surface area (Å²) in [4.78, 5) is 20.2. The van der Waals surface area contributed by atoms with Crippen LogP contribution in [0.4, 0.5) is 4.79 Å². The summed E-state index contributed by atoms with van der Waals surface area (Å²) < 4.78 is 5.36. The quantitative estimate of drug-likeness (QED) is 0.415. The number of aliphatic imine (C=N–C) groups is 1. The highest BCUT2D eigenvalue weighted by molar-refractivity contribution is 14.0. The average Bonchev–Trinajstić information content (AvgIpc) is 2.91. The van der Waals surface area contributed by atoms with E-state index in [0.29, 0.717) is 12.5 Å². The van der Waals surface area contributed by atoms with Crippen molar-refractivity contribution in [1.82, 2.24) is 15.1 Å². The highest BCUT2D eigenvalue weighted by Crippen LogP contribution is 2.10.